The summed E-state index contributed by atoms with van der Waals surface area (Å²) in [5.74, 6) is 0.0461. The number of hydrogen-bond donors (Lipinski definition) is 1. The summed E-state index contributed by atoms with van der Waals surface area (Å²) in [7, 11) is 0. The van der Waals surface area contributed by atoms with Crippen molar-refractivity contribution in [2.75, 3.05) is 6.54 Å². The highest BCUT2D eigenvalue weighted by atomic mass is 16.6. The van der Waals surface area contributed by atoms with Crippen LogP contribution in [0.1, 0.15) is 40.5 Å². The molecule has 1 aliphatic rings. The van der Waals surface area contributed by atoms with Gasteiger partial charge in [-0.25, -0.2) is 4.79 Å². The van der Waals surface area contributed by atoms with Gasteiger partial charge in [0.2, 0.25) is 0 Å². The van der Waals surface area contributed by atoms with Crippen molar-refractivity contribution < 1.29 is 19.1 Å². The summed E-state index contributed by atoms with van der Waals surface area (Å²) >= 11 is 0. The van der Waals surface area contributed by atoms with E-state index in [-0.39, 0.29) is 18.0 Å². The zero-order valence-electron chi connectivity index (χ0n) is 10.9. The van der Waals surface area contributed by atoms with Crippen molar-refractivity contribution in [2.45, 2.75) is 58.3 Å². The molecule has 0 radical (unpaired) electrons. The summed E-state index contributed by atoms with van der Waals surface area (Å²) in [5, 5.41) is 2.64. The fourth-order valence-electron chi connectivity index (χ4n) is 1.67. The molecule has 1 fully saturated rings. The molecule has 0 spiro atoms. The molecule has 1 N–H and O–H groups in total. The van der Waals surface area contributed by atoms with Crippen LogP contribution in [0.4, 0.5) is 4.79 Å². The van der Waals surface area contributed by atoms with Gasteiger partial charge in [-0.3, -0.25) is 4.79 Å². The Morgan fingerprint density at radius 3 is 2.47 bits per heavy atom. The molecule has 1 rings (SSSR count). The highest BCUT2D eigenvalue weighted by molar-refractivity contribution is 5.80. The van der Waals surface area contributed by atoms with Crippen LogP contribution in [0, 0.1) is 0 Å². The van der Waals surface area contributed by atoms with E-state index in [1.54, 1.807) is 0 Å². The van der Waals surface area contributed by atoms with Gasteiger partial charge in [-0.2, -0.15) is 0 Å². The molecule has 0 aromatic carbocycles. The minimum absolute atomic E-state index is 0.0461. The molecule has 0 saturated carbocycles. The van der Waals surface area contributed by atoms with Gasteiger partial charge in [0.15, 0.2) is 5.78 Å². The largest absolute Gasteiger partial charge is 0.444 e. The van der Waals surface area contributed by atoms with Crippen LogP contribution in [0.5, 0.6) is 0 Å². The standard InChI is InChI=1S/C12H21NO4/c1-8(14)10-6-5-9(16-10)7-13-11(15)17-12(2,3)4/h9-10H,5-7H2,1-4H3,(H,13,15). The molecule has 1 aliphatic heterocycles. The van der Waals surface area contributed by atoms with E-state index < -0.39 is 11.7 Å². The van der Waals surface area contributed by atoms with E-state index in [1.165, 1.54) is 6.92 Å². The molecule has 0 bridgehead atoms. The van der Waals surface area contributed by atoms with Gasteiger partial charge in [-0.05, 0) is 40.5 Å². The Labute approximate surface area is 102 Å². The van der Waals surface area contributed by atoms with Crippen molar-refractivity contribution in [3.05, 3.63) is 0 Å². The molecular weight excluding hydrogens is 222 g/mol. The topological polar surface area (TPSA) is 64.6 Å². The summed E-state index contributed by atoms with van der Waals surface area (Å²) < 4.78 is 10.6. The van der Waals surface area contributed by atoms with E-state index in [9.17, 15) is 9.59 Å². The maximum Gasteiger partial charge on any atom is 0.407 e. The van der Waals surface area contributed by atoms with Gasteiger partial charge >= 0.3 is 6.09 Å². The molecule has 2 atom stereocenters. The first-order valence-corrected chi connectivity index (χ1v) is 5.90. The average molecular weight is 243 g/mol. The van der Waals surface area contributed by atoms with Crippen molar-refractivity contribution in [1.29, 1.82) is 0 Å². The van der Waals surface area contributed by atoms with Crippen LogP contribution in [0.15, 0.2) is 0 Å². The quantitative estimate of drug-likeness (QED) is 0.818. The van der Waals surface area contributed by atoms with E-state index in [0.29, 0.717) is 6.54 Å². The van der Waals surface area contributed by atoms with Crippen LogP contribution in [0.2, 0.25) is 0 Å². The first-order chi connectivity index (χ1) is 7.78. The average Bonchev–Trinajstić information content (AvgIpc) is 2.60. The van der Waals surface area contributed by atoms with Crippen molar-refractivity contribution in [1.82, 2.24) is 5.32 Å². The molecule has 17 heavy (non-hydrogen) atoms. The Hall–Kier alpha value is -1.10. The summed E-state index contributed by atoms with van der Waals surface area (Å²) in [6, 6.07) is 0. The van der Waals surface area contributed by atoms with Crippen molar-refractivity contribution in [3.8, 4) is 0 Å². The second-order valence-electron chi connectivity index (χ2n) is 5.32. The monoisotopic (exact) mass is 243 g/mol. The third kappa shape index (κ3) is 5.17. The maximum atomic E-state index is 11.4. The maximum absolute atomic E-state index is 11.4. The predicted molar refractivity (Wildman–Crippen MR) is 62.8 cm³/mol. The number of amides is 1. The zero-order valence-corrected chi connectivity index (χ0v) is 10.9. The van der Waals surface area contributed by atoms with E-state index >= 15 is 0 Å². The van der Waals surface area contributed by atoms with E-state index in [0.717, 1.165) is 12.8 Å². The zero-order chi connectivity index (χ0) is 13.1. The summed E-state index contributed by atoms with van der Waals surface area (Å²) in [6.07, 6.45) is 0.681. The van der Waals surface area contributed by atoms with Gasteiger partial charge in [0.05, 0.1) is 6.10 Å². The highest BCUT2D eigenvalue weighted by Gasteiger charge is 2.28. The molecule has 1 heterocycles. The number of alkyl carbamates (subject to hydrolysis) is 1. The summed E-state index contributed by atoms with van der Waals surface area (Å²) in [5.41, 5.74) is -0.497. The SMILES string of the molecule is CC(=O)C1CCC(CNC(=O)OC(C)(C)C)O1. The number of carbonyl (C=O) groups is 2. The molecule has 98 valence electrons. The Morgan fingerprint density at radius 1 is 1.35 bits per heavy atom. The number of ether oxygens (including phenoxy) is 2. The Bertz CT molecular complexity index is 295. The van der Waals surface area contributed by atoms with E-state index in [1.807, 2.05) is 20.8 Å². The summed E-state index contributed by atoms with van der Waals surface area (Å²) in [4.78, 5) is 22.5. The van der Waals surface area contributed by atoms with E-state index in [2.05, 4.69) is 5.32 Å². The minimum Gasteiger partial charge on any atom is -0.444 e. The first-order valence-electron chi connectivity index (χ1n) is 5.90. The second-order valence-corrected chi connectivity index (χ2v) is 5.32. The minimum atomic E-state index is -0.497. The molecular formula is C12H21NO4. The van der Waals surface area contributed by atoms with Crippen molar-refractivity contribution in [2.24, 2.45) is 0 Å². The van der Waals surface area contributed by atoms with Gasteiger partial charge in [0.25, 0.3) is 0 Å². The van der Waals surface area contributed by atoms with Crippen LogP contribution in [-0.4, -0.2) is 36.2 Å². The van der Waals surface area contributed by atoms with Gasteiger partial charge in [0, 0.05) is 6.54 Å². The molecule has 5 nitrogen and oxygen atoms in total. The highest BCUT2D eigenvalue weighted by Crippen LogP contribution is 2.19. The Balaban J connectivity index is 2.24. The lowest BCUT2D eigenvalue weighted by Gasteiger charge is -2.20. The van der Waals surface area contributed by atoms with Crippen molar-refractivity contribution in [3.63, 3.8) is 0 Å². The molecule has 1 saturated heterocycles. The Morgan fingerprint density at radius 2 is 2.00 bits per heavy atom. The van der Waals surface area contributed by atoms with E-state index in [4.69, 9.17) is 9.47 Å². The number of rotatable bonds is 3. The van der Waals surface area contributed by atoms with Gasteiger partial charge < -0.3 is 14.8 Å². The number of Topliss-reactive ketones (excluding diaryl/α,β-unsaturated/α-hetero) is 1. The third-order valence-corrected chi connectivity index (χ3v) is 2.43. The fraction of sp³-hybridized carbons (Fsp3) is 0.833. The molecule has 1 amide bonds. The third-order valence-electron chi connectivity index (χ3n) is 2.43. The fourth-order valence-corrected chi connectivity index (χ4v) is 1.67. The smallest absolute Gasteiger partial charge is 0.407 e. The molecule has 5 heteroatoms. The van der Waals surface area contributed by atoms with Crippen LogP contribution < -0.4 is 5.32 Å². The number of nitrogens with one attached hydrogen (secondary N) is 1. The number of carbonyl (C=O) groups excluding carboxylic acids is 2. The normalized spacial score (nSPS) is 24.5. The van der Waals surface area contributed by atoms with Crippen LogP contribution in [-0.2, 0) is 14.3 Å². The van der Waals surface area contributed by atoms with Crippen LogP contribution in [0.25, 0.3) is 0 Å². The van der Waals surface area contributed by atoms with Crippen LogP contribution >= 0.6 is 0 Å². The predicted octanol–water partition coefficient (Wildman–Crippen LogP) is 1.65. The second kappa shape index (κ2) is 5.49. The summed E-state index contributed by atoms with van der Waals surface area (Å²) in [6.45, 7) is 7.34. The van der Waals surface area contributed by atoms with Gasteiger partial charge in [-0.1, -0.05) is 0 Å². The molecule has 0 aromatic heterocycles. The van der Waals surface area contributed by atoms with Gasteiger partial charge in [0.1, 0.15) is 11.7 Å². The molecule has 2 unspecified atom stereocenters. The molecule has 0 aliphatic carbocycles. The lowest BCUT2D eigenvalue weighted by atomic mass is 10.1. The lowest BCUT2D eigenvalue weighted by Crippen LogP contribution is -2.37. The van der Waals surface area contributed by atoms with Gasteiger partial charge in [-0.15, -0.1) is 0 Å². The lowest BCUT2D eigenvalue weighted by molar-refractivity contribution is -0.127. The Kier molecular flexibility index (Phi) is 4.51. The number of ketones is 1. The van der Waals surface area contributed by atoms with Crippen molar-refractivity contribution >= 4 is 11.9 Å². The van der Waals surface area contributed by atoms with Crippen LogP contribution in [0.3, 0.4) is 0 Å². The molecule has 0 aromatic rings. The first kappa shape index (κ1) is 14.0. The number of hydrogen-bond acceptors (Lipinski definition) is 4.